The number of ether oxygens (including phenoxy) is 1. The quantitative estimate of drug-likeness (QED) is 0.859. The van der Waals surface area contributed by atoms with Crippen LogP contribution in [0.15, 0.2) is 24.3 Å². The van der Waals surface area contributed by atoms with Crippen LogP contribution in [0.1, 0.15) is 30.9 Å². The fourth-order valence-electron chi connectivity index (χ4n) is 3.52. The minimum Gasteiger partial charge on any atom is -0.379 e. The highest BCUT2D eigenvalue weighted by Crippen LogP contribution is 2.25. The molecule has 3 rings (SSSR count). The Morgan fingerprint density at radius 2 is 2.04 bits per heavy atom. The van der Waals surface area contributed by atoms with E-state index in [0.717, 1.165) is 58.8 Å². The van der Waals surface area contributed by atoms with Gasteiger partial charge < -0.3 is 15.4 Å². The van der Waals surface area contributed by atoms with Crippen molar-refractivity contribution in [2.45, 2.75) is 32.9 Å². The molecular formula is C19H29N3O2. The lowest BCUT2D eigenvalue weighted by Crippen LogP contribution is -2.48. The summed E-state index contributed by atoms with van der Waals surface area (Å²) in [7, 11) is 0. The molecule has 2 fully saturated rings. The monoisotopic (exact) mass is 331 g/mol. The molecule has 2 heterocycles. The molecule has 0 saturated carbocycles. The van der Waals surface area contributed by atoms with E-state index < -0.39 is 0 Å². The molecule has 0 spiro atoms. The fraction of sp³-hybridized carbons (Fsp3) is 0.632. The maximum atomic E-state index is 12.6. The number of carbonyl (C=O) groups excluding carboxylic acids is 1. The van der Waals surface area contributed by atoms with E-state index in [-0.39, 0.29) is 11.3 Å². The Balaban J connectivity index is 1.59. The Labute approximate surface area is 144 Å². The van der Waals surface area contributed by atoms with Crippen molar-refractivity contribution >= 4 is 5.91 Å². The predicted molar refractivity (Wildman–Crippen MR) is 94.6 cm³/mol. The molecule has 1 aromatic rings. The molecule has 5 heteroatoms. The summed E-state index contributed by atoms with van der Waals surface area (Å²) in [4.78, 5) is 15.0. The predicted octanol–water partition coefficient (Wildman–Crippen LogP) is 1.52. The zero-order valence-corrected chi connectivity index (χ0v) is 14.6. The van der Waals surface area contributed by atoms with Gasteiger partial charge in [0.25, 0.3) is 0 Å². The van der Waals surface area contributed by atoms with Crippen molar-refractivity contribution in [3.8, 4) is 0 Å². The summed E-state index contributed by atoms with van der Waals surface area (Å²) in [5.74, 6) is 0.163. The van der Waals surface area contributed by atoms with Gasteiger partial charge in [-0.3, -0.25) is 9.69 Å². The lowest BCUT2D eigenvalue weighted by molar-refractivity contribution is -0.131. The molecule has 2 aliphatic heterocycles. The zero-order valence-electron chi connectivity index (χ0n) is 14.6. The molecule has 24 heavy (non-hydrogen) atoms. The second kappa shape index (κ2) is 8.10. The summed E-state index contributed by atoms with van der Waals surface area (Å²) in [5, 5.41) is 6.51. The number of carbonyl (C=O) groups is 1. The standard InChI is InChI=1S/C19H29N3O2/c1-19(7-4-8-20-15-19)18(23)21-13-16-5-2-3-6-17(16)14-22-9-11-24-12-10-22/h2-3,5-6,20H,4,7-15H2,1H3,(H,21,23). The second-order valence-corrected chi connectivity index (χ2v) is 7.18. The number of amides is 1. The van der Waals surface area contributed by atoms with Gasteiger partial charge >= 0.3 is 0 Å². The van der Waals surface area contributed by atoms with E-state index in [0.29, 0.717) is 6.54 Å². The molecular weight excluding hydrogens is 302 g/mol. The number of nitrogens with zero attached hydrogens (tertiary/aromatic N) is 1. The first-order chi connectivity index (χ1) is 11.7. The van der Waals surface area contributed by atoms with E-state index in [1.807, 2.05) is 6.07 Å². The van der Waals surface area contributed by atoms with Crippen LogP contribution in [0.25, 0.3) is 0 Å². The first-order valence-corrected chi connectivity index (χ1v) is 9.03. The maximum absolute atomic E-state index is 12.6. The van der Waals surface area contributed by atoms with Crippen molar-refractivity contribution in [2.75, 3.05) is 39.4 Å². The third-order valence-electron chi connectivity index (χ3n) is 5.20. The molecule has 0 bridgehead atoms. The van der Waals surface area contributed by atoms with Gasteiger partial charge in [-0.05, 0) is 37.4 Å². The molecule has 1 amide bonds. The highest BCUT2D eigenvalue weighted by molar-refractivity contribution is 5.82. The van der Waals surface area contributed by atoms with E-state index in [4.69, 9.17) is 4.74 Å². The highest BCUT2D eigenvalue weighted by Gasteiger charge is 2.34. The first-order valence-electron chi connectivity index (χ1n) is 9.03. The van der Waals surface area contributed by atoms with Gasteiger partial charge in [-0.1, -0.05) is 24.3 Å². The number of rotatable bonds is 5. The summed E-state index contributed by atoms with van der Waals surface area (Å²) in [6.07, 6.45) is 2.03. The summed E-state index contributed by atoms with van der Waals surface area (Å²) in [6, 6.07) is 8.42. The Morgan fingerprint density at radius 3 is 2.75 bits per heavy atom. The smallest absolute Gasteiger partial charge is 0.227 e. The van der Waals surface area contributed by atoms with Crippen LogP contribution < -0.4 is 10.6 Å². The van der Waals surface area contributed by atoms with Crippen molar-refractivity contribution in [1.82, 2.24) is 15.5 Å². The topological polar surface area (TPSA) is 53.6 Å². The summed E-state index contributed by atoms with van der Waals surface area (Å²) in [5.41, 5.74) is 2.23. The molecule has 2 saturated heterocycles. The third-order valence-corrected chi connectivity index (χ3v) is 5.20. The lowest BCUT2D eigenvalue weighted by atomic mass is 9.82. The number of piperidine rings is 1. The molecule has 132 valence electrons. The average molecular weight is 331 g/mol. The van der Waals surface area contributed by atoms with Crippen LogP contribution in [-0.2, 0) is 22.6 Å². The minimum atomic E-state index is -0.280. The molecule has 2 N–H and O–H groups in total. The molecule has 0 aromatic heterocycles. The van der Waals surface area contributed by atoms with Crippen LogP contribution in [0.5, 0.6) is 0 Å². The van der Waals surface area contributed by atoms with E-state index in [1.165, 1.54) is 11.1 Å². The Kier molecular flexibility index (Phi) is 5.87. The molecule has 1 atom stereocenters. The highest BCUT2D eigenvalue weighted by atomic mass is 16.5. The average Bonchev–Trinajstić information content (AvgIpc) is 2.62. The molecule has 1 unspecified atom stereocenters. The maximum Gasteiger partial charge on any atom is 0.227 e. The lowest BCUT2D eigenvalue weighted by Gasteiger charge is -2.32. The fourth-order valence-corrected chi connectivity index (χ4v) is 3.52. The van der Waals surface area contributed by atoms with Gasteiger partial charge in [0.1, 0.15) is 0 Å². The van der Waals surface area contributed by atoms with Gasteiger partial charge in [-0.2, -0.15) is 0 Å². The number of morpholine rings is 1. The largest absolute Gasteiger partial charge is 0.379 e. The van der Waals surface area contributed by atoms with Crippen LogP contribution in [0.3, 0.4) is 0 Å². The van der Waals surface area contributed by atoms with Crippen molar-refractivity contribution < 1.29 is 9.53 Å². The minimum absolute atomic E-state index is 0.163. The Morgan fingerprint density at radius 1 is 1.29 bits per heavy atom. The summed E-state index contributed by atoms with van der Waals surface area (Å²) < 4.78 is 5.42. The van der Waals surface area contributed by atoms with Crippen LogP contribution >= 0.6 is 0 Å². The molecule has 2 aliphatic rings. The Hall–Kier alpha value is -1.43. The van der Waals surface area contributed by atoms with Gasteiger partial charge in [0, 0.05) is 32.7 Å². The molecule has 0 aliphatic carbocycles. The number of nitrogens with one attached hydrogen (secondary N) is 2. The van der Waals surface area contributed by atoms with E-state index in [9.17, 15) is 4.79 Å². The van der Waals surface area contributed by atoms with Crippen molar-refractivity contribution in [1.29, 1.82) is 0 Å². The van der Waals surface area contributed by atoms with Gasteiger partial charge in [0.05, 0.1) is 18.6 Å². The normalized spacial score (nSPS) is 25.4. The summed E-state index contributed by atoms with van der Waals surface area (Å²) in [6.45, 7) is 8.96. The van der Waals surface area contributed by atoms with Crippen molar-refractivity contribution in [2.24, 2.45) is 5.41 Å². The van der Waals surface area contributed by atoms with Crippen LogP contribution in [0.2, 0.25) is 0 Å². The molecule has 0 radical (unpaired) electrons. The second-order valence-electron chi connectivity index (χ2n) is 7.18. The van der Waals surface area contributed by atoms with Crippen LogP contribution in [0.4, 0.5) is 0 Å². The number of benzene rings is 1. The first kappa shape index (κ1) is 17.4. The van der Waals surface area contributed by atoms with Crippen molar-refractivity contribution in [3.05, 3.63) is 35.4 Å². The van der Waals surface area contributed by atoms with Gasteiger partial charge in [0.2, 0.25) is 5.91 Å². The van der Waals surface area contributed by atoms with Crippen LogP contribution in [-0.4, -0.2) is 50.2 Å². The van der Waals surface area contributed by atoms with Gasteiger partial charge in [-0.25, -0.2) is 0 Å². The Bertz CT molecular complexity index is 549. The zero-order chi connectivity index (χ0) is 16.8. The number of hydrogen-bond acceptors (Lipinski definition) is 4. The molecule has 1 aromatic carbocycles. The van der Waals surface area contributed by atoms with Gasteiger partial charge in [0.15, 0.2) is 0 Å². The number of hydrogen-bond donors (Lipinski definition) is 2. The van der Waals surface area contributed by atoms with Crippen LogP contribution in [0, 0.1) is 5.41 Å². The third kappa shape index (κ3) is 4.35. The van der Waals surface area contributed by atoms with E-state index in [1.54, 1.807) is 0 Å². The van der Waals surface area contributed by atoms with Crippen molar-refractivity contribution in [3.63, 3.8) is 0 Å². The van der Waals surface area contributed by atoms with E-state index >= 15 is 0 Å². The van der Waals surface area contributed by atoms with E-state index in [2.05, 4.69) is 40.7 Å². The SMILES string of the molecule is CC1(C(=O)NCc2ccccc2CN2CCOCC2)CCCNC1. The molecule has 5 nitrogen and oxygen atoms in total. The summed E-state index contributed by atoms with van der Waals surface area (Å²) >= 11 is 0. The van der Waals surface area contributed by atoms with Gasteiger partial charge in [-0.15, -0.1) is 0 Å².